The molecule has 0 aliphatic rings. The predicted octanol–water partition coefficient (Wildman–Crippen LogP) is 4.92. The van der Waals surface area contributed by atoms with Crippen molar-refractivity contribution in [3.8, 4) is 16.9 Å². The number of carbonyl (C=O) groups excluding carboxylic acids is 1. The molecule has 0 aromatic carbocycles. The van der Waals surface area contributed by atoms with Gasteiger partial charge in [-0.1, -0.05) is 0 Å². The Morgan fingerprint density at radius 1 is 1.29 bits per heavy atom. The first-order valence-electron chi connectivity index (χ1n) is 9.55. The summed E-state index contributed by atoms with van der Waals surface area (Å²) in [6.07, 6.45) is 7.15. The third-order valence-electron chi connectivity index (χ3n) is 4.88. The summed E-state index contributed by atoms with van der Waals surface area (Å²) in [6.45, 7) is 4.00. The first-order valence-corrected chi connectivity index (χ1v) is 11.3. The number of hydrazone groups is 1. The molecule has 0 fully saturated rings. The molecule has 5 heterocycles. The zero-order valence-electron chi connectivity index (χ0n) is 16.8. The first-order chi connectivity index (χ1) is 15.1. The summed E-state index contributed by atoms with van der Waals surface area (Å²) in [4.78, 5) is 19.1. The Kier molecular flexibility index (Phi) is 4.97. The van der Waals surface area contributed by atoms with Crippen LogP contribution in [-0.4, -0.2) is 31.9 Å². The highest BCUT2D eigenvalue weighted by atomic mass is 32.1. The molecular formula is C22H18N6OS2. The van der Waals surface area contributed by atoms with Gasteiger partial charge in [-0.15, -0.1) is 11.3 Å². The maximum absolute atomic E-state index is 13.1. The Hall–Kier alpha value is -3.56. The number of aryl methyl sites for hydroxylation is 2. The molecule has 0 unspecified atom stereocenters. The fourth-order valence-corrected chi connectivity index (χ4v) is 5.38. The van der Waals surface area contributed by atoms with Crippen LogP contribution >= 0.6 is 22.7 Å². The summed E-state index contributed by atoms with van der Waals surface area (Å²) in [7, 11) is 0. The first kappa shape index (κ1) is 19.4. The Morgan fingerprint density at radius 2 is 2.13 bits per heavy atom. The van der Waals surface area contributed by atoms with Crippen molar-refractivity contribution < 1.29 is 4.79 Å². The van der Waals surface area contributed by atoms with Crippen LogP contribution in [0.3, 0.4) is 0 Å². The summed E-state index contributed by atoms with van der Waals surface area (Å²) >= 11 is 2.98. The topological polar surface area (TPSA) is 88.0 Å². The second kappa shape index (κ2) is 7.93. The molecule has 0 atom stereocenters. The smallest absolute Gasteiger partial charge is 0.283 e. The van der Waals surface area contributed by atoms with Gasteiger partial charge in [0.25, 0.3) is 5.91 Å². The van der Waals surface area contributed by atoms with Crippen LogP contribution in [0.25, 0.3) is 27.2 Å². The van der Waals surface area contributed by atoms with Crippen molar-refractivity contribution in [2.45, 2.75) is 13.8 Å². The van der Waals surface area contributed by atoms with Crippen molar-refractivity contribution in [2.75, 3.05) is 0 Å². The van der Waals surface area contributed by atoms with E-state index in [9.17, 15) is 4.79 Å². The van der Waals surface area contributed by atoms with Gasteiger partial charge in [0.1, 0.15) is 9.71 Å². The number of aromatic amines is 1. The number of carbonyl (C=O) groups is 1. The van der Waals surface area contributed by atoms with E-state index in [-0.39, 0.29) is 5.91 Å². The minimum Gasteiger partial charge on any atom is -0.322 e. The minimum atomic E-state index is -0.277. The second-order valence-electron chi connectivity index (χ2n) is 7.04. The van der Waals surface area contributed by atoms with E-state index >= 15 is 0 Å². The van der Waals surface area contributed by atoms with Gasteiger partial charge in [0.2, 0.25) is 0 Å². The molecule has 9 heteroatoms. The number of fused-ring (bicyclic) bond motifs is 1. The van der Waals surface area contributed by atoms with Crippen molar-refractivity contribution >= 4 is 45.0 Å². The van der Waals surface area contributed by atoms with Crippen LogP contribution in [-0.2, 0) is 0 Å². The lowest BCUT2D eigenvalue weighted by atomic mass is 10.1. The average molecular weight is 447 g/mol. The van der Waals surface area contributed by atoms with Crippen molar-refractivity contribution in [2.24, 2.45) is 5.10 Å². The summed E-state index contributed by atoms with van der Waals surface area (Å²) in [5.41, 5.74) is 8.20. The zero-order chi connectivity index (χ0) is 21.4. The van der Waals surface area contributed by atoms with Gasteiger partial charge in [0.05, 0.1) is 23.8 Å². The molecule has 5 aromatic heterocycles. The highest BCUT2D eigenvalue weighted by Gasteiger charge is 2.22. The molecule has 0 saturated carbocycles. The molecule has 0 saturated heterocycles. The lowest BCUT2D eigenvalue weighted by Crippen LogP contribution is -2.18. The number of hydrogen-bond donors (Lipinski definition) is 2. The summed E-state index contributed by atoms with van der Waals surface area (Å²) in [5.74, 6) is -0.277. The number of hydrogen-bond acceptors (Lipinski definition) is 6. The van der Waals surface area contributed by atoms with Crippen LogP contribution in [0.1, 0.15) is 26.5 Å². The molecule has 2 N–H and O–H groups in total. The fraction of sp³-hybridized carbons (Fsp3) is 0.0909. The fourth-order valence-electron chi connectivity index (χ4n) is 3.55. The molecule has 0 aliphatic heterocycles. The van der Waals surface area contributed by atoms with Gasteiger partial charge in [-0.25, -0.2) is 10.4 Å². The quantitative estimate of drug-likeness (QED) is 0.297. The van der Waals surface area contributed by atoms with E-state index in [1.807, 2.05) is 65.8 Å². The van der Waals surface area contributed by atoms with Gasteiger partial charge in [-0.2, -0.15) is 21.5 Å². The number of rotatable bonds is 5. The summed E-state index contributed by atoms with van der Waals surface area (Å²) in [6, 6.07) is 7.91. The highest BCUT2D eigenvalue weighted by molar-refractivity contribution is 7.21. The van der Waals surface area contributed by atoms with Gasteiger partial charge < -0.3 is 4.57 Å². The van der Waals surface area contributed by atoms with Crippen LogP contribution in [0.4, 0.5) is 0 Å². The van der Waals surface area contributed by atoms with Crippen LogP contribution in [0.15, 0.2) is 58.7 Å². The van der Waals surface area contributed by atoms with Gasteiger partial charge in [-0.3, -0.25) is 9.89 Å². The number of aromatic nitrogens is 4. The number of amides is 1. The number of thiophene rings is 2. The van der Waals surface area contributed by atoms with E-state index in [4.69, 9.17) is 0 Å². The van der Waals surface area contributed by atoms with E-state index in [0.29, 0.717) is 4.88 Å². The summed E-state index contributed by atoms with van der Waals surface area (Å²) in [5, 5.41) is 16.3. The van der Waals surface area contributed by atoms with Crippen molar-refractivity contribution in [1.29, 1.82) is 0 Å². The lowest BCUT2D eigenvalue weighted by molar-refractivity contribution is 0.0959. The summed E-state index contributed by atoms with van der Waals surface area (Å²) < 4.78 is 1.95. The molecule has 0 spiro atoms. The Labute approximate surface area is 186 Å². The number of pyridine rings is 1. The average Bonchev–Trinajstić information content (AvgIpc) is 3.52. The van der Waals surface area contributed by atoms with Gasteiger partial charge in [0, 0.05) is 40.0 Å². The number of nitrogens with zero attached hydrogens (tertiary/aromatic N) is 4. The SMILES string of the molecule is Cc1cc(C)c2c(-n3cccc3)c(C(=O)NN=Cc3cn[nH]c3-c3ccsc3)sc2n1. The molecule has 154 valence electrons. The highest BCUT2D eigenvalue weighted by Crippen LogP contribution is 2.35. The molecular weight excluding hydrogens is 428 g/mol. The number of nitrogens with one attached hydrogen (secondary N) is 2. The molecule has 0 aliphatic carbocycles. The normalized spacial score (nSPS) is 11.5. The molecule has 31 heavy (non-hydrogen) atoms. The van der Waals surface area contributed by atoms with Crippen LogP contribution < -0.4 is 5.43 Å². The van der Waals surface area contributed by atoms with Crippen molar-refractivity contribution in [3.05, 3.63) is 75.3 Å². The van der Waals surface area contributed by atoms with Crippen LogP contribution in [0.2, 0.25) is 0 Å². The van der Waals surface area contributed by atoms with E-state index in [1.54, 1.807) is 23.7 Å². The Bertz CT molecular complexity index is 1390. The predicted molar refractivity (Wildman–Crippen MR) is 125 cm³/mol. The number of H-pyrrole nitrogens is 1. The van der Waals surface area contributed by atoms with Gasteiger partial charge >= 0.3 is 0 Å². The Balaban J connectivity index is 1.48. The standard InChI is InChI=1S/C22H18N6OS2/c1-13-9-14(2)25-22-17(13)19(28-6-3-4-7-28)20(31-22)21(29)27-24-11-16-10-23-26-18(16)15-5-8-30-12-15/h3-12H,1-2H3,(H,23,26)(H,27,29). The van der Waals surface area contributed by atoms with E-state index < -0.39 is 0 Å². The minimum absolute atomic E-state index is 0.277. The third kappa shape index (κ3) is 3.58. The molecule has 0 radical (unpaired) electrons. The lowest BCUT2D eigenvalue weighted by Gasteiger charge is -2.07. The Morgan fingerprint density at radius 3 is 2.90 bits per heavy atom. The molecule has 5 aromatic rings. The zero-order valence-corrected chi connectivity index (χ0v) is 18.4. The largest absolute Gasteiger partial charge is 0.322 e. The molecule has 0 bridgehead atoms. The van der Waals surface area contributed by atoms with E-state index in [0.717, 1.165) is 44.0 Å². The van der Waals surface area contributed by atoms with Crippen LogP contribution in [0.5, 0.6) is 0 Å². The second-order valence-corrected chi connectivity index (χ2v) is 8.82. The monoisotopic (exact) mass is 446 g/mol. The van der Waals surface area contributed by atoms with Crippen LogP contribution in [0, 0.1) is 13.8 Å². The molecule has 7 nitrogen and oxygen atoms in total. The molecule has 1 amide bonds. The van der Waals surface area contributed by atoms with E-state index in [2.05, 4.69) is 25.7 Å². The van der Waals surface area contributed by atoms with Crippen molar-refractivity contribution in [3.63, 3.8) is 0 Å². The van der Waals surface area contributed by atoms with Gasteiger partial charge in [0.15, 0.2) is 0 Å². The van der Waals surface area contributed by atoms with Crippen molar-refractivity contribution in [1.82, 2.24) is 25.2 Å². The van der Waals surface area contributed by atoms with Gasteiger partial charge in [-0.05, 0) is 49.1 Å². The maximum Gasteiger partial charge on any atom is 0.283 e. The van der Waals surface area contributed by atoms with E-state index in [1.165, 1.54) is 11.3 Å². The molecule has 5 rings (SSSR count). The third-order valence-corrected chi connectivity index (χ3v) is 6.63. The maximum atomic E-state index is 13.1.